The van der Waals surface area contributed by atoms with E-state index >= 15 is 0 Å². The van der Waals surface area contributed by atoms with Crippen LogP contribution in [0.3, 0.4) is 0 Å². The number of carbonyl (C=O) groups excluding carboxylic acids is 1. The van der Waals surface area contributed by atoms with E-state index in [9.17, 15) is 4.79 Å². The quantitative estimate of drug-likeness (QED) is 0.599. The molecule has 0 spiro atoms. The summed E-state index contributed by atoms with van der Waals surface area (Å²) < 4.78 is 0. The van der Waals surface area contributed by atoms with Gasteiger partial charge in [-0.25, -0.2) is 4.98 Å². The lowest BCUT2D eigenvalue weighted by Gasteiger charge is -2.24. The van der Waals surface area contributed by atoms with Crippen LogP contribution in [0.1, 0.15) is 29.2 Å². The highest BCUT2D eigenvalue weighted by Crippen LogP contribution is 2.29. The summed E-state index contributed by atoms with van der Waals surface area (Å²) in [6.07, 6.45) is 0. The number of hydrogen-bond acceptors (Lipinski definition) is 5. The Labute approximate surface area is 162 Å². The Morgan fingerprint density at radius 2 is 1.96 bits per heavy atom. The zero-order chi connectivity index (χ0) is 18.5. The normalized spacial score (nSPS) is 12.2. The number of anilines is 1. The lowest BCUT2D eigenvalue weighted by atomic mass is 10.0. The molecule has 4 nitrogen and oxygen atoms in total. The fourth-order valence-corrected chi connectivity index (χ4v) is 4.30. The third-order valence-electron chi connectivity index (χ3n) is 4.18. The van der Waals surface area contributed by atoms with Gasteiger partial charge in [0.25, 0.3) is 5.91 Å². The van der Waals surface area contributed by atoms with Crippen LogP contribution in [-0.2, 0) is 0 Å². The number of carbonyl (C=O) groups is 1. The molecule has 0 saturated heterocycles. The van der Waals surface area contributed by atoms with E-state index < -0.39 is 0 Å². The molecule has 0 aliphatic carbocycles. The number of nitrogens with one attached hydrogen (secondary N) is 2. The first-order valence-corrected chi connectivity index (χ1v) is 10.4. The second-order valence-electron chi connectivity index (χ2n) is 6.52. The molecular formula is C20H23N3OS2. The van der Waals surface area contributed by atoms with Crippen LogP contribution in [0.5, 0.6) is 0 Å². The van der Waals surface area contributed by atoms with Crippen molar-refractivity contribution in [2.45, 2.75) is 26.8 Å². The highest BCUT2D eigenvalue weighted by atomic mass is 32.1. The van der Waals surface area contributed by atoms with Crippen molar-refractivity contribution in [3.63, 3.8) is 0 Å². The van der Waals surface area contributed by atoms with Gasteiger partial charge in [-0.3, -0.25) is 4.79 Å². The molecule has 1 amide bonds. The van der Waals surface area contributed by atoms with Gasteiger partial charge in [-0.05, 0) is 36.4 Å². The second-order valence-corrected chi connectivity index (χ2v) is 8.30. The molecule has 0 fully saturated rings. The van der Waals surface area contributed by atoms with Crippen molar-refractivity contribution in [3.8, 4) is 10.6 Å². The molecule has 0 aliphatic heterocycles. The third kappa shape index (κ3) is 4.51. The molecular weight excluding hydrogens is 362 g/mol. The lowest BCUT2D eigenvalue weighted by molar-refractivity contribution is 0.0953. The molecule has 2 N–H and O–H groups in total. The molecule has 0 saturated carbocycles. The van der Waals surface area contributed by atoms with Crippen molar-refractivity contribution in [2.75, 3.05) is 11.9 Å². The van der Waals surface area contributed by atoms with Gasteiger partial charge < -0.3 is 10.6 Å². The maximum atomic E-state index is 12.7. The molecule has 3 aromatic rings. The van der Waals surface area contributed by atoms with E-state index in [-0.39, 0.29) is 11.9 Å². The molecule has 0 aliphatic rings. The molecule has 2 aromatic heterocycles. The van der Waals surface area contributed by atoms with Crippen molar-refractivity contribution >= 4 is 34.3 Å². The van der Waals surface area contributed by atoms with Crippen molar-refractivity contribution in [1.82, 2.24) is 10.3 Å². The minimum Gasteiger partial charge on any atom is -0.380 e. The van der Waals surface area contributed by atoms with Crippen molar-refractivity contribution in [1.29, 1.82) is 0 Å². The summed E-state index contributed by atoms with van der Waals surface area (Å²) in [6, 6.07) is 12.3. The minimum atomic E-state index is -0.0537. The van der Waals surface area contributed by atoms with Crippen LogP contribution in [0.4, 0.5) is 5.69 Å². The molecule has 3 rings (SSSR count). The van der Waals surface area contributed by atoms with E-state index in [0.29, 0.717) is 17.3 Å². The lowest BCUT2D eigenvalue weighted by Crippen LogP contribution is -2.39. The number of benzene rings is 1. The van der Waals surface area contributed by atoms with Gasteiger partial charge in [0.2, 0.25) is 0 Å². The van der Waals surface area contributed by atoms with Crippen molar-refractivity contribution in [2.24, 2.45) is 5.92 Å². The Balaban J connectivity index is 1.65. The molecule has 1 unspecified atom stereocenters. The average molecular weight is 386 g/mol. The number of para-hydroxylation sites is 1. The number of amides is 1. The van der Waals surface area contributed by atoms with E-state index in [0.717, 1.165) is 22.0 Å². The van der Waals surface area contributed by atoms with Crippen LogP contribution in [0.15, 0.2) is 47.2 Å². The Morgan fingerprint density at radius 3 is 2.62 bits per heavy atom. The molecule has 136 valence electrons. The molecule has 1 aromatic carbocycles. The fourth-order valence-electron chi connectivity index (χ4n) is 2.60. The van der Waals surface area contributed by atoms with E-state index in [1.54, 1.807) is 11.3 Å². The third-order valence-corrected chi connectivity index (χ3v) is 6.07. The topological polar surface area (TPSA) is 54.0 Å². The minimum absolute atomic E-state index is 0.0537. The van der Waals surface area contributed by atoms with Crippen LogP contribution in [-0.4, -0.2) is 23.5 Å². The van der Waals surface area contributed by atoms with Crippen molar-refractivity contribution in [3.05, 3.63) is 57.7 Å². The Morgan fingerprint density at radius 1 is 1.19 bits per heavy atom. The van der Waals surface area contributed by atoms with E-state index in [1.807, 2.05) is 48.7 Å². The van der Waals surface area contributed by atoms with Crippen LogP contribution in [0, 0.1) is 12.8 Å². The van der Waals surface area contributed by atoms with Gasteiger partial charge in [0.05, 0.1) is 5.69 Å². The fraction of sp³-hybridized carbons (Fsp3) is 0.300. The summed E-state index contributed by atoms with van der Waals surface area (Å²) in [5.41, 5.74) is 2.92. The van der Waals surface area contributed by atoms with Crippen LogP contribution in [0.25, 0.3) is 10.6 Å². The van der Waals surface area contributed by atoms with Gasteiger partial charge in [0.1, 0.15) is 9.88 Å². The number of rotatable bonds is 7. The number of thiazole rings is 1. The summed E-state index contributed by atoms with van der Waals surface area (Å²) in [5, 5.41) is 11.5. The average Bonchev–Trinajstić information content (AvgIpc) is 3.28. The molecule has 2 heterocycles. The molecule has 26 heavy (non-hydrogen) atoms. The smallest absolute Gasteiger partial charge is 0.263 e. The first-order valence-electron chi connectivity index (χ1n) is 8.64. The van der Waals surface area contributed by atoms with E-state index in [4.69, 9.17) is 0 Å². The van der Waals surface area contributed by atoms with Gasteiger partial charge in [-0.2, -0.15) is 11.3 Å². The van der Waals surface area contributed by atoms with Gasteiger partial charge in [-0.1, -0.05) is 32.0 Å². The Kier molecular flexibility index (Phi) is 6.06. The van der Waals surface area contributed by atoms with Crippen LogP contribution in [0.2, 0.25) is 0 Å². The van der Waals surface area contributed by atoms with Gasteiger partial charge >= 0.3 is 0 Å². The Hall–Kier alpha value is -2.18. The standard InChI is InChI=1S/C20H23N3OS2/c1-13(2)17(23-16-7-5-4-6-8-16)11-21-19(24)18-14(3)22-20(26-18)15-9-10-25-12-15/h4-10,12-13,17,23H,11H2,1-3H3,(H,21,24). The highest BCUT2D eigenvalue weighted by Gasteiger charge is 2.19. The maximum Gasteiger partial charge on any atom is 0.263 e. The Bertz CT molecular complexity index is 841. The number of aromatic nitrogens is 1. The molecule has 0 radical (unpaired) electrons. The number of nitrogens with zero attached hydrogens (tertiary/aromatic N) is 1. The van der Waals surface area contributed by atoms with Gasteiger partial charge in [0, 0.05) is 29.2 Å². The number of hydrogen-bond donors (Lipinski definition) is 2. The first kappa shape index (κ1) is 18.6. The van der Waals surface area contributed by atoms with Crippen LogP contribution >= 0.6 is 22.7 Å². The summed E-state index contributed by atoms with van der Waals surface area (Å²) >= 11 is 3.09. The van der Waals surface area contributed by atoms with Gasteiger partial charge in [0.15, 0.2) is 0 Å². The summed E-state index contributed by atoms with van der Waals surface area (Å²) in [5.74, 6) is 0.335. The van der Waals surface area contributed by atoms with Crippen LogP contribution < -0.4 is 10.6 Å². The van der Waals surface area contributed by atoms with E-state index in [2.05, 4.69) is 34.8 Å². The molecule has 1 atom stereocenters. The zero-order valence-electron chi connectivity index (χ0n) is 15.2. The number of thiophene rings is 1. The zero-order valence-corrected chi connectivity index (χ0v) is 16.8. The maximum absolute atomic E-state index is 12.7. The second kappa shape index (κ2) is 8.47. The monoisotopic (exact) mass is 385 g/mol. The summed E-state index contributed by atoms with van der Waals surface area (Å²) in [7, 11) is 0. The SMILES string of the molecule is Cc1nc(-c2ccsc2)sc1C(=O)NCC(Nc1ccccc1)C(C)C. The summed E-state index contributed by atoms with van der Waals surface area (Å²) in [6.45, 7) is 6.76. The van der Waals surface area contributed by atoms with E-state index in [1.165, 1.54) is 11.3 Å². The predicted octanol–water partition coefficient (Wildman–Crippen LogP) is 5.05. The first-order chi connectivity index (χ1) is 12.5. The van der Waals surface area contributed by atoms with Gasteiger partial charge in [-0.15, -0.1) is 11.3 Å². The molecule has 0 bridgehead atoms. The molecule has 6 heteroatoms. The van der Waals surface area contributed by atoms with Crippen molar-refractivity contribution < 1.29 is 4.79 Å². The number of aryl methyl sites for hydroxylation is 1. The summed E-state index contributed by atoms with van der Waals surface area (Å²) in [4.78, 5) is 17.9. The predicted molar refractivity (Wildman–Crippen MR) is 111 cm³/mol. The largest absolute Gasteiger partial charge is 0.380 e. The highest BCUT2D eigenvalue weighted by molar-refractivity contribution is 7.17.